The number of thioether (sulfide) groups is 1. The quantitative estimate of drug-likeness (QED) is 0.151. The van der Waals surface area contributed by atoms with E-state index in [0.717, 1.165) is 27.5 Å². The van der Waals surface area contributed by atoms with Gasteiger partial charge < -0.3 is 14.6 Å². The molecule has 2 aromatic carbocycles. The number of hydrogen-bond donors (Lipinski definition) is 1. The summed E-state index contributed by atoms with van der Waals surface area (Å²) in [6, 6.07) is 8.87. The minimum atomic E-state index is -4.46. The number of halogens is 5. The van der Waals surface area contributed by atoms with Crippen molar-refractivity contribution < 1.29 is 36.9 Å². The molecule has 1 aromatic heterocycles. The zero-order valence-corrected chi connectivity index (χ0v) is 24.4. The molecule has 0 aliphatic carbocycles. The van der Waals surface area contributed by atoms with Crippen LogP contribution in [-0.2, 0) is 22.3 Å². The summed E-state index contributed by atoms with van der Waals surface area (Å²) in [7, 11) is 0. The van der Waals surface area contributed by atoms with Gasteiger partial charge in [0, 0.05) is 20.6 Å². The van der Waals surface area contributed by atoms with Crippen molar-refractivity contribution >= 4 is 40.7 Å². The number of carboxylic acid groups (broad SMARTS) is 1. The largest absolute Gasteiger partial charge is 0.483 e. The first kappa shape index (κ1) is 32.4. The van der Waals surface area contributed by atoms with Gasteiger partial charge in [-0.05, 0) is 55.8 Å². The average Bonchev–Trinajstić information content (AvgIpc) is 3.32. The molecule has 1 atom stereocenters. The zero-order valence-electron chi connectivity index (χ0n) is 22.0. The number of nitrogens with zero attached hydrogens (tertiary/aromatic N) is 1. The summed E-state index contributed by atoms with van der Waals surface area (Å²) in [5, 5.41) is 9.12. The fraction of sp³-hybridized carbons (Fsp3) is 0.241. The van der Waals surface area contributed by atoms with Crippen molar-refractivity contribution in [2.24, 2.45) is 0 Å². The third-order valence-electron chi connectivity index (χ3n) is 5.37. The molecule has 1 N–H and O–H groups in total. The van der Waals surface area contributed by atoms with Crippen molar-refractivity contribution in [2.75, 3.05) is 13.2 Å². The normalized spacial score (nSPS) is 13.2. The van der Waals surface area contributed by atoms with E-state index in [-0.39, 0.29) is 29.2 Å². The summed E-state index contributed by atoms with van der Waals surface area (Å²) in [5.74, 6) is -1.83. The highest BCUT2D eigenvalue weighted by Crippen LogP contribution is 2.43. The molecule has 0 saturated carbocycles. The molecule has 1 heterocycles. The molecule has 0 aliphatic heterocycles. The number of allylic oxidation sites excluding steroid dienone is 3. The molecule has 1 unspecified atom stereocenters. The van der Waals surface area contributed by atoms with Gasteiger partial charge in [0.15, 0.2) is 11.6 Å². The van der Waals surface area contributed by atoms with Crippen molar-refractivity contribution in [3.05, 3.63) is 105 Å². The maximum atomic E-state index is 14.3. The Hall–Kier alpha value is -3.12. The molecule has 0 bridgehead atoms. The summed E-state index contributed by atoms with van der Waals surface area (Å²) in [4.78, 5) is 16.9. The second-order valence-electron chi connectivity index (χ2n) is 8.69. The highest BCUT2D eigenvalue weighted by atomic mass is 35.5. The van der Waals surface area contributed by atoms with Gasteiger partial charge in [-0.2, -0.15) is 13.2 Å². The smallest absolute Gasteiger partial charge is 0.416 e. The lowest BCUT2D eigenvalue weighted by Gasteiger charge is -2.14. The third-order valence-corrected chi connectivity index (χ3v) is 8.26. The monoisotopic (exact) mass is 627 g/mol. The maximum absolute atomic E-state index is 14.3. The Labute approximate surface area is 248 Å². The van der Waals surface area contributed by atoms with Crippen LogP contribution in [0.5, 0.6) is 5.75 Å². The van der Waals surface area contributed by atoms with Gasteiger partial charge in [0.2, 0.25) is 0 Å². The molecule has 218 valence electrons. The molecule has 5 nitrogen and oxygen atoms in total. The van der Waals surface area contributed by atoms with Gasteiger partial charge in [0.05, 0.1) is 22.9 Å². The Bertz CT molecular complexity index is 1420. The standard InChI is InChI=1S/C29H26ClF4NO4S2/c1-4-6-21(13-17(2)14-38-16-25(36)37)40-18(3)27-24(15-39-26-22(30)7-5-8-23(26)31)35-28(41-27)19-9-11-20(12-10-19)29(32,33)34/h4-13,18H,1,14-16H2,2-3H3,(H,36,37)/b17-13-,21-6+. The summed E-state index contributed by atoms with van der Waals surface area (Å²) in [5.41, 5.74) is 0.984. The van der Waals surface area contributed by atoms with E-state index in [0.29, 0.717) is 16.3 Å². The Morgan fingerprint density at radius 1 is 1.22 bits per heavy atom. The van der Waals surface area contributed by atoms with Crippen LogP contribution in [0.3, 0.4) is 0 Å². The van der Waals surface area contributed by atoms with Crippen LogP contribution >= 0.6 is 34.7 Å². The van der Waals surface area contributed by atoms with Crippen molar-refractivity contribution in [1.82, 2.24) is 4.98 Å². The fourth-order valence-electron chi connectivity index (χ4n) is 3.55. The van der Waals surface area contributed by atoms with Gasteiger partial charge in [-0.15, -0.1) is 23.1 Å². The van der Waals surface area contributed by atoms with E-state index in [2.05, 4.69) is 11.6 Å². The molecular formula is C29H26ClF4NO4S2. The first-order valence-electron chi connectivity index (χ1n) is 12.1. The number of carbonyl (C=O) groups is 1. The van der Waals surface area contributed by atoms with E-state index in [4.69, 9.17) is 26.2 Å². The highest BCUT2D eigenvalue weighted by Gasteiger charge is 2.30. The summed E-state index contributed by atoms with van der Waals surface area (Å²) in [6.07, 6.45) is 0.780. The molecule has 41 heavy (non-hydrogen) atoms. The van der Waals surface area contributed by atoms with Crippen LogP contribution in [0.2, 0.25) is 5.02 Å². The summed E-state index contributed by atoms with van der Waals surface area (Å²) in [6.45, 7) is 7.06. The van der Waals surface area contributed by atoms with Crippen LogP contribution in [0.4, 0.5) is 17.6 Å². The topological polar surface area (TPSA) is 68.7 Å². The number of rotatable bonds is 13. The molecule has 0 spiro atoms. The second kappa shape index (κ2) is 14.7. The molecule has 12 heteroatoms. The van der Waals surface area contributed by atoms with Crippen LogP contribution in [-0.4, -0.2) is 29.3 Å². The van der Waals surface area contributed by atoms with Crippen LogP contribution in [0.25, 0.3) is 10.6 Å². The number of aromatic nitrogens is 1. The average molecular weight is 628 g/mol. The number of para-hydroxylation sites is 1. The van der Waals surface area contributed by atoms with Crippen LogP contribution in [0.15, 0.2) is 77.7 Å². The van der Waals surface area contributed by atoms with E-state index in [1.54, 1.807) is 19.1 Å². The van der Waals surface area contributed by atoms with Crippen molar-refractivity contribution in [3.63, 3.8) is 0 Å². The SMILES string of the molecule is C=C/C=C(\C=C(\C)COCC(=O)O)SC(C)c1sc(-c2ccc(C(F)(F)F)cc2)nc1COc1c(F)cccc1Cl. The maximum Gasteiger partial charge on any atom is 0.416 e. The third kappa shape index (κ3) is 9.46. The summed E-state index contributed by atoms with van der Waals surface area (Å²) >= 11 is 8.86. The minimum Gasteiger partial charge on any atom is -0.483 e. The molecule has 3 rings (SSSR count). The number of hydrogen-bond acceptors (Lipinski definition) is 6. The molecule has 0 saturated heterocycles. The number of benzene rings is 2. The minimum absolute atomic E-state index is 0.0918. The van der Waals surface area contributed by atoms with Gasteiger partial charge in [0.25, 0.3) is 0 Å². The van der Waals surface area contributed by atoms with Gasteiger partial charge in [-0.1, -0.05) is 42.5 Å². The lowest BCUT2D eigenvalue weighted by Crippen LogP contribution is -2.08. The van der Waals surface area contributed by atoms with Gasteiger partial charge >= 0.3 is 12.1 Å². The Morgan fingerprint density at radius 3 is 2.54 bits per heavy atom. The van der Waals surface area contributed by atoms with E-state index in [9.17, 15) is 22.4 Å². The Kier molecular flexibility index (Phi) is 11.6. The van der Waals surface area contributed by atoms with E-state index in [1.165, 1.54) is 53.4 Å². The number of aliphatic carboxylic acids is 1. The molecular weight excluding hydrogens is 602 g/mol. The predicted molar refractivity (Wildman–Crippen MR) is 155 cm³/mol. The van der Waals surface area contributed by atoms with E-state index < -0.39 is 30.1 Å². The first-order chi connectivity index (χ1) is 19.4. The molecule has 0 fully saturated rings. The number of alkyl halides is 3. The molecule has 0 aliphatic rings. The van der Waals surface area contributed by atoms with Crippen LogP contribution in [0, 0.1) is 5.82 Å². The van der Waals surface area contributed by atoms with E-state index >= 15 is 0 Å². The van der Waals surface area contributed by atoms with Gasteiger partial charge in [0.1, 0.15) is 18.2 Å². The highest BCUT2D eigenvalue weighted by molar-refractivity contribution is 8.03. The zero-order chi connectivity index (χ0) is 30.2. The van der Waals surface area contributed by atoms with Crippen molar-refractivity contribution in [1.29, 1.82) is 0 Å². The van der Waals surface area contributed by atoms with Crippen molar-refractivity contribution in [3.8, 4) is 16.3 Å². The molecule has 0 amide bonds. The van der Waals surface area contributed by atoms with E-state index in [1.807, 2.05) is 13.0 Å². The fourth-order valence-corrected chi connectivity index (χ4v) is 6.16. The predicted octanol–water partition coefficient (Wildman–Crippen LogP) is 9.11. The first-order valence-corrected chi connectivity index (χ1v) is 14.2. The summed E-state index contributed by atoms with van der Waals surface area (Å²) < 4.78 is 64.4. The molecule has 0 radical (unpaired) electrons. The van der Waals surface area contributed by atoms with Gasteiger partial charge in [-0.3, -0.25) is 0 Å². The lowest BCUT2D eigenvalue weighted by atomic mass is 10.1. The number of ether oxygens (including phenoxy) is 2. The van der Waals surface area contributed by atoms with Crippen LogP contribution < -0.4 is 4.74 Å². The van der Waals surface area contributed by atoms with Crippen molar-refractivity contribution in [2.45, 2.75) is 31.9 Å². The van der Waals surface area contributed by atoms with Gasteiger partial charge in [-0.25, -0.2) is 14.2 Å². The lowest BCUT2D eigenvalue weighted by molar-refractivity contribution is -0.142. The Morgan fingerprint density at radius 2 is 1.93 bits per heavy atom. The Balaban J connectivity index is 1.92. The number of carboxylic acids is 1. The van der Waals surface area contributed by atoms with Crippen LogP contribution in [0.1, 0.15) is 35.2 Å². The number of thiazole rings is 1. The second-order valence-corrected chi connectivity index (χ2v) is 11.5. The molecule has 3 aromatic rings.